The van der Waals surface area contributed by atoms with Crippen molar-refractivity contribution in [1.82, 2.24) is 19.3 Å². The summed E-state index contributed by atoms with van der Waals surface area (Å²) in [5, 5.41) is 9.16. The van der Waals surface area contributed by atoms with Crippen LogP contribution in [0.25, 0.3) is 22.8 Å². The van der Waals surface area contributed by atoms with Crippen LogP contribution in [0.5, 0.6) is 5.75 Å². The number of aryl methyl sites for hydroxylation is 4. The second kappa shape index (κ2) is 11.0. The van der Waals surface area contributed by atoms with Crippen molar-refractivity contribution in [1.29, 1.82) is 0 Å². The van der Waals surface area contributed by atoms with Crippen molar-refractivity contribution in [3.8, 4) is 28.5 Å². The first kappa shape index (κ1) is 27.8. The fourth-order valence-electron chi connectivity index (χ4n) is 4.53. The van der Waals surface area contributed by atoms with Crippen molar-refractivity contribution < 1.29 is 22.7 Å². The van der Waals surface area contributed by atoms with Gasteiger partial charge in [0.05, 0.1) is 11.4 Å². The van der Waals surface area contributed by atoms with E-state index in [1.165, 1.54) is 52.2 Å². The molecule has 0 atom stereocenters. The van der Waals surface area contributed by atoms with Gasteiger partial charge in [-0.1, -0.05) is 17.7 Å². The number of benzene rings is 3. The largest absolute Gasteiger partial charge is 0.573 e. The van der Waals surface area contributed by atoms with Gasteiger partial charge >= 0.3 is 12.4 Å². The van der Waals surface area contributed by atoms with Crippen LogP contribution in [0.15, 0.2) is 77.4 Å². The number of nitrogens with zero attached hydrogens (tertiary/aromatic N) is 5. The van der Waals surface area contributed by atoms with E-state index >= 15 is 0 Å². The fourth-order valence-corrected chi connectivity index (χ4v) is 5.39. The highest BCUT2D eigenvalue weighted by atomic mass is 32.1. The van der Waals surface area contributed by atoms with Crippen LogP contribution in [0.2, 0.25) is 0 Å². The van der Waals surface area contributed by atoms with Gasteiger partial charge in [-0.05, 0) is 87.4 Å². The van der Waals surface area contributed by atoms with E-state index in [-0.39, 0.29) is 5.75 Å². The van der Waals surface area contributed by atoms with E-state index in [1.54, 1.807) is 24.3 Å². The Morgan fingerprint density at radius 2 is 1.63 bits per heavy atom. The Kier molecular flexibility index (Phi) is 7.50. The first-order valence-electron chi connectivity index (χ1n) is 12.5. The molecule has 1 N–H and O–H groups in total. The minimum absolute atomic E-state index is 0.324. The number of amides is 2. The number of rotatable bonds is 5. The number of nitrogens with one attached hydrogen (secondary N) is 1. The molecule has 0 aliphatic heterocycles. The first-order chi connectivity index (χ1) is 19.5. The summed E-state index contributed by atoms with van der Waals surface area (Å²) in [5.41, 5.74) is 7.13. The third kappa shape index (κ3) is 6.38. The summed E-state index contributed by atoms with van der Waals surface area (Å²) in [6, 6.07) is 16.0. The lowest BCUT2D eigenvalue weighted by Crippen LogP contribution is -2.20. The second-order valence-electron chi connectivity index (χ2n) is 9.42. The predicted octanol–water partition coefficient (Wildman–Crippen LogP) is 7.05. The monoisotopic (exact) mass is 578 g/mol. The van der Waals surface area contributed by atoms with Crippen LogP contribution in [0.1, 0.15) is 22.4 Å². The van der Waals surface area contributed by atoms with E-state index in [1.807, 2.05) is 30.7 Å². The molecule has 0 aliphatic rings. The Morgan fingerprint density at radius 3 is 2.27 bits per heavy atom. The van der Waals surface area contributed by atoms with E-state index in [2.05, 4.69) is 44.2 Å². The van der Waals surface area contributed by atoms with Crippen LogP contribution in [0, 0.1) is 27.7 Å². The van der Waals surface area contributed by atoms with Crippen LogP contribution in [0.3, 0.4) is 0 Å². The van der Waals surface area contributed by atoms with Gasteiger partial charge in [0.1, 0.15) is 12.1 Å². The highest BCUT2D eigenvalue weighted by molar-refractivity contribution is 7.07. The number of hydrogen-bond acceptors (Lipinski definition) is 5. The number of alkyl halides is 3. The van der Waals surface area contributed by atoms with Gasteiger partial charge in [-0.2, -0.15) is 4.99 Å². The van der Waals surface area contributed by atoms with E-state index in [0.29, 0.717) is 27.6 Å². The molecule has 41 heavy (non-hydrogen) atoms. The standard InChI is InChI=1S/C29H25F3N6O2S/c1-17-13-18(2)25(19(3)14-17)38-20(4)15-41-28(38)35-27(39)34-22-7-5-21(6-8-22)26-33-16-37(36-26)23-9-11-24(12-10-23)40-29(30,31)32/h5-16H,1-4H3,(H,34,39)/b35-28-. The molecule has 0 fully saturated rings. The molecule has 5 aromatic rings. The Balaban J connectivity index is 1.30. The third-order valence-electron chi connectivity index (χ3n) is 6.16. The number of hydrogen-bond donors (Lipinski definition) is 1. The Morgan fingerprint density at radius 1 is 0.976 bits per heavy atom. The summed E-state index contributed by atoms with van der Waals surface area (Å²) in [6.07, 6.45) is -3.30. The molecule has 0 spiro atoms. The molecular weight excluding hydrogens is 553 g/mol. The number of thiazole rings is 1. The minimum atomic E-state index is -4.76. The quantitative estimate of drug-likeness (QED) is 0.242. The van der Waals surface area contributed by atoms with E-state index in [0.717, 1.165) is 22.5 Å². The molecule has 210 valence electrons. The molecule has 0 saturated heterocycles. The van der Waals surface area contributed by atoms with Gasteiger partial charge in [0, 0.05) is 22.3 Å². The van der Waals surface area contributed by atoms with Gasteiger partial charge in [0.15, 0.2) is 10.6 Å². The number of carbonyl (C=O) groups excluding carboxylic acids is 1. The lowest BCUT2D eigenvalue weighted by molar-refractivity contribution is -0.274. The van der Waals surface area contributed by atoms with Gasteiger partial charge < -0.3 is 10.1 Å². The number of ether oxygens (including phenoxy) is 1. The molecule has 2 amide bonds. The fraction of sp³-hybridized carbons (Fsp3) is 0.172. The molecule has 2 heterocycles. The van der Waals surface area contributed by atoms with Crippen molar-refractivity contribution in [2.45, 2.75) is 34.1 Å². The summed E-state index contributed by atoms with van der Waals surface area (Å²) in [6.45, 7) is 8.13. The van der Waals surface area contributed by atoms with Gasteiger partial charge in [0.2, 0.25) is 0 Å². The molecule has 0 radical (unpaired) electrons. The number of urea groups is 1. The maximum absolute atomic E-state index is 12.8. The molecule has 0 saturated carbocycles. The van der Waals surface area contributed by atoms with Gasteiger partial charge in [0.25, 0.3) is 0 Å². The normalized spacial score (nSPS) is 12.0. The number of halogens is 3. The highest BCUT2D eigenvalue weighted by Gasteiger charge is 2.31. The summed E-state index contributed by atoms with van der Waals surface area (Å²) in [7, 11) is 0. The summed E-state index contributed by atoms with van der Waals surface area (Å²) in [4.78, 5) is 22.0. The lowest BCUT2D eigenvalue weighted by atomic mass is 10.0. The Hall–Kier alpha value is -4.71. The molecule has 0 aliphatic carbocycles. The first-order valence-corrected chi connectivity index (χ1v) is 13.3. The molecular formula is C29H25F3N6O2S. The molecule has 12 heteroatoms. The SMILES string of the molecule is Cc1cc(C)c(-n2c(C)cs/c2=N\C(=O)Nc2ccc(-c3ncn(-c4ccc(OC(F)(F)F)cc4)n3)cc2)c(C)c1. The zero-order valence-electron chi connectivity index (χ0n) is 22.5. The van der Waals surface area contributed by atoms with Crippen molar-refractivity contribution in [3.63, 3.8) is 0 Å². The van der Waals surface area contributed by atoms with Gasteiger partial charge in [-0.25, -0.2) is 14.5 Å². The smallest absolute Gasteiger partial charge is 0.406 e. The van der Waals surface area contributed by atoms with Gasteiger partial charge in [-0.15, -0.1) is 29.6 Å². The Bertz CT molecular complexity index is 1760. The summed E-state index contributed by atoms with van der Waals surface area (Å²) >= 11 is 1.39. The zero-order chi connectivity index (χ0) is 29.3. The maximum atomic E-state index is 12.8. The average molecular weight is 579 g/mol. The van der Waals surface area contributed by atoms with Crippen molar-refractivity contribution in [2.24, 2.45) is 4.99 Å². The van der Waals surface area contributed by atoms with E-state index in [4.69, 9.17) is 0 Å². The van der Waals surface area contributed by atoms with E-state index in [9.17, 15) is 18.0 Å². The zero-order valence-corrected chi connectivity index (χ0v) is 23.3. The average Bonchev–Trinajstić information content (AvgIpc) is 3.51. The number of carbonyl (C=O) groups is 1. The molecule has 2 aromatic heterocycles. The topological polar surface area (TPSA) is 86.3 Å². The number of anilines is 1. The van der Waals surface area contributed by atoms with Crippen LogP contribution in [-0.4, -0.2) is 31.7 Å². The van der Waals surface area contributed by atoms with Crippen LogP contribution in [0.4, 0.5) is 23.7 Å². The predicted molar refractivity (Wildman–Crippen MR) is 151 cm³/mol. The molecule has 0 bridgehead atoms. The van der Waals surface area contributed by atoms with E-state index < -0.39 is 12.4 Å². The minimum Gasteiger partial charge on any atom is -0.406 e. The second-order valence-corrected chi connectivity index (χ2v) is 10.3. The van der Waals surface area contributed by atoms with Crippen molar-refractivity contribution in [2.75, 3.05) is 5.32 Å². The van der Waals surface area contributed by atoms with Crippen LogP contribution >= 0.6 is 11.3 Å². The Labute approximate surface area is 237 Å². The molecule has 3 aromatic carbocycles. The van der Waals surface area contributed by atoms with Crippen molar-refractivity contribution in [3.05, 3.63) is 99.6 Å². The number of aromatic nitrogens is 4. The molecule has 8 nitrogen and oxygen atoms in total. The van der Waals surface area contributed by atoms with Crippen molar-refractivity contribution >= 4 is 23.1 Å². The molecule has 5 rings (SSSR count). The lowest BCUT2D eigenvalue weighted by Gasteiger charge is -2.14. The van der Waals surface area contributed by atoms with Gasteiger partial charge in [-0.3, -0.25) is 4.57 Å². The third-order valence-corrected chi connectivity index (χ3v) is 7.10. The maximum Gasteiger partial charge on any atom is 0.573 e. The van der Waals surface area contributed by atoms with Crippen LogP contribution in [-0.2, 0) is 0 Å². The summed E-state index contributed by atoms with van der Waals surface area (Å²) < 4.78 is 44.5. The van der Waals surface area contributed by atoms with Crippen LogP contribution < -0.4 is 14.9 Å². The molecule has 0 unspecified atom stereocenters. The summed E-state index contributed by atoms with van der Waals surface area (Å²) in [5.74, 6) is 0.0810. The highest BCUT2D eigenvalue weighted by Crippen LogP contribution is 2.25.